The van der Waals surface area contributed by atoms with Crippen LogP contribution in [0.2, 0.25) is 0 Å². The molecule has 0 fully saturated rings. The van der Waals surface area contributed by atoms with E-state index in [2.05, 4.69) is 41.5 Å². The van der Waals surface area contributed by atoms with E-state index in [4.69, 9.17) is 0 Å². The average molecular weight is 387 g/mol. The molecule has 3 rings (SSSR count). The zero-order chi connectivity index (χ0) is 20.5. The minimum Gasteiger partial charge on any atom is -0.355 e. The second kappa shape index (κ2) is 10.2. The smallest absolute Gasteiger partial charge is 0.249 e. The zero-order valence-electron chi connectivity index (χ0n) is 16.5. The highest BCUT2D eigenvalue weighted by Crippen LogP contribution is 2.04. The number of rotatable bonds is 7. The molecule has 0 aliphatic heterocycles. The molecule has 148 valence electrons. The Hall–Kier alpha value is -3.47. The average Bonchev–Trinajstić information content (AvgIpc) is 2.72. The van der Waals surface area contributed by atoms with Gasteiger partial charge in [-0.3, -0.25) is 9.59 Å². The minimum atomic E-state index is -0.256. The second-order valence-corrected chi connectivity index (χ2v) is 6.94. The first-order valence-corrected chi connectivity index (χ1v) is 9.69. The van der Waals surface area contributed by atoms with Crippen molar-refractivity contribution in [3.8, 4) is 0 Å². The Morgan fingerprint density at radius 2 is 1.62 bits per heavy atom. The number of aryl methyl sites for hydroxylation is 1. The van der Waals surface area contributed by atoms with Crippen LogP contribution in [0.1, 0.15) is 23.1 Å². The largest absolute Gasteiger partial charge is 0.355 e. The number of carbonyl (C=O) groups is 2. The van der Waals surface area contributed by atoms with E-state index in [1.54, 1.807) is 0 Å². The van der Waals surface area contributed by atoms with Crippen molar-refractivity contribution >= 4 is 11.8 Å². The number of nitrogens with one attached hydrogen (secondary N) is 1. The SMILES string of the molecule is Cc1ccc(Cn2ccccc2=NC(=O)CCNC(=O)Cc2ccccc2)cc1. The van der Waals surface area contributed by atoms with Crippen molar-refractivity contribution in [2.75, 3.05) is 6.54 Å². The van der Waals surface area contributed by atoms with Crippen molar-refractivity contribution in [1.29, 1.82) is 0 Å². The Balaban J connectivity index is 1.56. The molecule has 2 amide bonds. The van der Waals surface area contributed by atoms with Gasteiger partial charge in [0.05, 0.1) is 6.42 Å². The maximum Gasteiger partial charge on any atom is 0.249 e. The van der Waals surface area contributed by atoms with Crippen LogP contribution in [0.25, 0.3) is 0 Å². The van der Waals surface area contributed by atoms with Crippen molar-refractivity contribution in [3.05, 3.63) is 101 Å². The molecule has 0 aliphatic carbocycles. The lowest BCUT2D eigenvalue weighted by molar-refractivity contribution is -0.120. The number of benzene rings is 2. The van der Waals surface area contributed by atoms with Crippen molar-refractivity contribution in [3.63, 3.8) is 0 Å². The Labute approximate surface area is 170 Å². The number of pyridine rings is 1. The molecule has 0 bridgehead atoms. The van der Waals surface area contributed by atoms with E-state index in [-0.39, 0.29) is 24.8 Å². The summed E-state index contributed by atoms with van der Waals surface area (Å²) >= 11 is 0. The fraction of sp³-hybridized carbons (Fsp3) is 0.208. The van der Waals surface area contributed by atoms with Gasteiger partial charge in [-0.1, -0.05) is 66.2 Å². The molecule has 0 saturated heterocycles. The summed E-state index contributed by atoms with van der Waals surface area (Å²) in [6.07, 6.45) is 2.38. The molecule has 29 heavy (non-hydrogen) atoms. The van der Waals surface area contributed by atoms with Crippen LogP contribution in [0, 0.1) is 6.92 Å². The summed E-state index contributed by atoms with van der Waals surface area (Å²) in [7, 11) is 0. The topological polar surface area (TPSA) is 63.5 Å². The van der Waals surface area contributed by atoms with Gasteiger partial charge in [-0.25, -0.2) is 0 Å². The van der Waals surface area contributed by atoms with E-state index in [1.165, 1.54) is 5.56 Å². The molecule has 5 heteroatoms. The third kappa shape index (κ3) is 6.57. The zero-order valence-corrected chi connectivity index (χ0v) is 16.5. The van der Waals surface area contributed by atoms with Gasteiger partial charge in [-0.05, 0) is 30.2 Å². The third-order valence-corrected chi connectivity index (χ3v) is 4.50. The molecule has 3 aromatic rings. The Morgan fingerprint density at radius 3 is 2.38 bits per heavy atom. The molecular formula is C24H25N3O2. The van der Waals surface area contributed by atoms with Gasteiger partial charge in [0.1, 0.15) is 5.49 Å². The van der Waals surface area contributed by atoms with Crippen molar-refractivity contribution in [2.24, 2.45) is 4.99 Å². The van der Waals surface area contributed by atoms with Gasteiger partial charge < -0.3 is 9.88 Å². The summed E-state index contributed by atoms with van der Waals surface area (Å²) in [5, 5.41) is 2.78. The number of carbonyl (C=O) groups excluding carboxylic acids is 2. The number of hydrogen-bond acceptors (Lipinski definition) is 2. The Morgan fingerprint density at radius 1 is 0.897 bits per heavy atom. The van der Waals surface area contributed by atoms with Crippen LogP contribution in [-0.4, -0.2) is 22.9 Å². The molecule has 0 spiro atoms. The van der Waals surface area contributed by atoms with Crippen molar-refractivity contribution < 1.29 is 9.59 Å². The van der Waals surface area contributed by atoms with E-state index < -0.39 is 0 Å². The lowest BCUT2D eigenvalue weighted by Crippen LogP contribution is -2.28. The van der Waals surface area contributed by atoms with Crippen molar-refractivity contribution in [2.45, 2.75) is 26.3 Å². The molecule has 1 N–H and O–H groups in total. The Kier molecular flexibility index (Phi) is 7.11. The maximum absolute atomic E-state index is 12.3. The first kappa shape index (κ1) is 20.3. The van der Waals surface area contributed by atoms with Gasteiger partial charge in [0.2, 0.25) is 11.8 Å². The van der Waals surface area contributed by atoms with E-state index in [0.717, 1.165) is 11.1 Å². The first-order valence-electron chi connectivity index (χ1n) is 9.69. The molecule has 5 nitrogen and oxygen atoms in total. The molecule has 0 aliphatic rings. The number of nitrogens with zero attached hydrogens (tertiary/aromatic N) is 2. The summed E-state index contributed by atoms with van der Waals surface area (Å²) in [5.74, 6) is -0.355. The van der Waals surface area contributed by atoms with Gasteiger partial charge >= 0.3 is 0 Å². The fourth-order valence-electron chi connectivity index (χ4n) is 2.93. The van der Waals surface area contributed by atoms with Crippen LogP contribution in [0.5, 0.6) is 0 Å². The number of amides is 2. The monoisotopic (exact) mass is 387 g/mol. The van der Waals surface area contributed by atoms with Crippen LogP contribution in [0.15, 0.2) is 84.0 Å². The van der Waals surface area contributed by atoms with Crippen LogP contribution < -0.4 is 10.8 Å². The molecule has 0 saturated carbocycles. The summed E-state index contributed by atoms with van der Waals surface area (Å²) < 4.78 is 1.94. The van der Waals surface area contributed by atoms with Gasteiger partial charge in [0.15, 0.2) is 0 Å². The second-order valence-electron chi connectivity index (χ2n) is 6.94. The summed E-state index contributed by atoms with van der Waals surface area (Å²) in [6, 6.07) is 23.4. The van der Waals surface area contributed by atoms with Crippen LogP contribution in [0.3, 0.4) is 0 Å². The molecule has 1 heterocycles. The lowest BCUT2D eigenvalue weighted by atomic mass is 10.1. The highest BCUT2D eigenvalue weighted by atomic mass is 16.2. The summed E-state index contributed by atoms with van der Waals surface area (Å²) in [4.78, 5) is 28.5. The molecule has 0 unspecified atom stereocenters. The standard InChI is InChI=1S/C24H25N3O2/c1-19-10-12-21(13-11-19)18-27-16-6-5-9-22(27)26-23(28)14-15-25-24(29)17-20-7-3-2-4-8-20/h2-13,16H,14-15,17-18H2,1H3,(H,25,29). The fourth-order valence-corrected chi connectivity index (χ4v) is 2.93. The van der Waals surface area contributed by atoms with Crippen molar-refractivity contribution in [1.82, 2.24) is 9.88 Å². The van der Waals surface area contributed by atoms with Crippen LogP contribution in [0.4, 0.5) is 0 Å². The van der Waals surface area contributed by atoms with E-state index in [0.29, 0.717) is 18.5 Å². The van der Waals surface area contributed by atoms with E-state index >= 15 is 0 Å². The molecule has 0 atom stereocenters. The van der Waals surface area contributed by atoms with Gasteiger partial charge in [0, 0.05) is 25.7 Å². The van der Waals surface area contributed by atoms with E-state index in [9.17, 15) is 9.59 Å². The van der Waals surface area contributed by atoms with Crippen LogP contribution in [-0.2, 0) is 22.6 Å². The normalized spacial score (nSPS) is 11.3. The summed E-state index contributed by atoms with van der Waals surface area (Å²) in [6.45, 7) is 2.97. The number of aromatic nitrogens is 1. The predicted molar refractivity (Wildman–Crippen MR) is 113 cm³/mol. The van der Waals surface area contributed by atoms with Gasteiger partial charge in [-0.15, -0.1) is 0 Å². The number of hydrogen-bond donors (Lipinski definition) is 1. The third-order valence-electron chi connectivity index (χ3n) is 4.50. The molecular weight excluding hydrogens is 362 g/mol. The molecule has 2 aromatic carbocycles. The highest BCUT2D eigenvalue weighted by Gasteiger charge is 2.05. The minimum absolute atomic E-state index is 0.0989. The maximum atomic E-state index is 12.3. The Bertz CT molecular complexity index is 1020. The highest BCUT2D eigenvalue weighted by molar-refractivity contribution is 5.80. The first-order chi connectivity index (χ1) is 14.1. The quantitative estimate of drug-likeness (QED) is 0.677. The molecule has 1 aromatic heterocycles. The van der Waals surface area contributed by atoms with Gasteiger partial charge in [-0.2, -0.15) is 4.99 Å². The van der Waals surface area contributed by atoms with Gasteiger partial charge in [0.25, 0.3) is 0 Å². The lowest BCUT2D eigenvalue weighted by Gasteiger charge is -2.08. The van der Waals surface area contributed by atoms with Crippen LogP contribution >= 0.6 is 0 Å². The summed E-state index contributed by atoms with van der Waals surface area (Å²) in [5.41, 5.74) is 3.90. The predicted octanol–water partition coefficient (Wildman–Crippen LogP) is 3.02. The molecule has 0 radical (unpaired) electrons. The van der Waals surface area contributed by atoms with E-state index in [1.807, 2.05) is 59.3 Å².